The van der Waals surface area contributed by atoms with E-state index in [0.717, 1.165) is 31.2 Å². The van der Waals surface area contributed by atoms with E-state index in [0.29, 0.717) is 23.0 Å². The van der Waals surface area contributed by atoms with Crippen molar-refractivity contribution in [3.8, 4) is 0 Å². The summed E-state index contributed by atoms with van der Waals surface area (Å²) in [5.74, 6) is -0.366. The average molecular weight is 484 g/mol. The molecule has 0 aliphatic carbocycles. The van der Waals surface area contributed by atoms with Crippen molar-refractivity contribution in [1.29, 1.82) is 0 Å². The predicted molar refractivity (Wildman–Crippen MR) is 136 cm³/mol. The first-order valence-corrected chi connectivity index (χ1v) is 12.4. The quantitative estimate of drug-likeness (QED) is 0.520. The minimum Gasteiger partial charge on any atom is -0.326 e. The molecule has 8 heteroatoms. The summed E-state index contributed by atoms with van der Waals surface area (Å²) in [5.41, 5.74) is 5.75. The van der Waals surface area contributed by atoms with E-state index in [2.05, 4.69) is 22.7 Å². The number of aromatic nitrogens is 1. The number of nitrogens with zero attached hydrogens (tertiary/aromatic N) is 3. The second-order valence-corrected chi connectivity index (χ2v) is 8.64. The standard InChI is InChI=1S/C24H28ClN5O2.C2H6/c1-2-3-4-7-20-15-29(16-23(31)27-19-6-5-12-26-14-19)24(32)22-13-21(28-30(20)22)17-8-10-18(25)11-9-17;1-2/h5-6,8-14,20-21,28H,2-4,7,15-16H2,1H3,(H,27,31);1-2H3. The number of benzene rings is 1. The number of piperazine rings is 1. The molecule has 2 aliphatic heterocycles. The van der Waals surface area contributed by atoms with E-state index in [1.54, 1.807) is 29.4 Å². The summed E-state index contributed by atoms with van der Waals surface area (Å²) in [6.07, 6.45) is 9.47. The maximum absolute atomic E-state index is 13.3. The number of rotatable bonds is 8. The Morgan fingerprint density at radius 3 is 2.65 bits per heavy atom. The Labute approximate surface area is 207 Å². The molecule has 4 rings (SSSR count). The molecule has 2 unspecified atom stereocenters. The number of amides is 2. The summed E-state index contributed by atoms with van der Waals surface area (Å²) in [6, 6.07) is 11.2. The molecule has 0 bridgehead atoms. The van der Waals surface area contributed by atoms with Gasteiger partial charge in [-0.05, 0) is 42.3 Å². The highest BCUT2D eigenvalue weighted by Gasteiger charge is 2.41. The van der Waals surface area contributed by atoms with Gasteiger partial charge in [-0.25, -0.2) is 5.43 Å². The Bertz CT molecular complexity index is 980. The monoisotopic (exact) mass is 483 g/mol. The maximum Gasteiger partial charge on any atom is 0.271 e. The highest BCUT2D eigenvalue weighted by molar-refractivity contribution is 6.30. The van der Waals surface area contributed by atoms with Crippen LogP contribution in [0.2, 0.25) is 5.02 Å². The topological polar surface area (TPSA) is 77.6 Å². The van der Waals surface area contributed by atoms with Crippen LogP contribution in [0.3, 0.4) is 0 Å². The zero-order chi connectivity index (χ0) is 24.5. The third-order valence-electron chi connectivity index (χ3n) is 5.81. The van der Waals surface area contributed by atoms with Crippen LogP contribution < -0.4 is 10.7 Å². The van der Waals surface area contributed by atoms with Crippen molar-refractivity contribution in [2.45, 2.75) is 58.5 Å². The highest BCUT2D eigenvalue weighted by Crippen LogP contribution is 2.32. The smallest absolute Gasteiger partial charge is 0.271 e. The molecule has 2 amide bonds. The largest absolute Gasteiger partial charge is 0.326 e. The van der Waals surface area contributed by atoms with E-state index in [1.165, 1.54) is 0 Å². The van der Waals surface area contributed by atoms with Crippen LogP contribution in [0.4, 0.5) is 5.69 Å². The van der Waals surface area contributed by atoms with Gasteiger partial charge < -0.3 is 10.2 Å². The van der Waals surface area contributed by atoms with Gasteiger partial charge in [0.1, 0.15) is 12.2 Å². The van der Waals surface area contributed by atoms with Crippen molar-refractivity contribution in [3.05, 3.63) is 71.2 Å². The van der Waals surface area contributed by atoms with Crippen molar-refractivity contribution in [2.75, 3.05) is 18.4 Å². The number of nitrogens with one attached hydrogen (secondary N) is 2. The van der Waals surface area contributed by atoms with Gasteiger partial charge in [-0.3, -0.25) is 19.6 Å². The number of carbonyl (C=O) groups excluding carboxylic acids is 2. The van der Waals surface area contributed by atoms with Gasteiger partial charge in [-0.1, -0.05) is 63.8 Å². The van der Waals surface area contributed by atoms with E-state index >= 15 is 0 Å². The number of unbranched alkanes of at least 4 members (excludes halogenated alkanes) is 2. The number of carbonyl (C=O) groups is 2. The van der Waals surface area contributed by atoms with E-state index in [1.807, 2.05) is 49.2 Å². The van der Waals surface area contributed by atoms with Crippen LogP contribution in [0.1, 0.15) is 58.1 Å². The fourth-order valence-corrected chi connectivity index (χ4v) is 4.32. The Morgan fingerprint density at radius 1 is 1.21 bits per heavy atom. The van der Waals surface area contributed by atoms with Crippen molar-refractivity contribution >= 4 is 29.1 Å². The zero-order valence-electron chi connectivity index (χ0n) is 20.1. The van der Waals surface area contributed by atoms with Crippen molar-refractivity contribution in [1.82, 2.24) is 20.3 Å². The molecule has 1 saturated heterocycles. The molecule has 2 aromatic rings. The van der Waals surface area contributed by atoms with Crippen LogP contribution in [0.5, 0.6) is 0 Å². The van der Waals surface area contributed by atoms with E-state index in [9.17, 15) is 9.59 Å². The van der Waals surface area contributed by atoms with Crippen molar-refractivity contribution in [3.63, 3.8) is 0 Å². The molecule has 0 saturated carbocycles. The van der Waals surface area contributed by atoms with Gasteiger partial charge in [0.05, 0.1) is 24.0 Å². The zero-order valence-corrected chi connectivity index (χ0v) is 20.9. The van der Waals surface area contributed by atoms with Crippen LogP contribution in [-0.2, 0) is 9.59 Å². The van der Waals surface area contributed by atoms with Gasteiger partial charge in [0, 0.05) is 17.8 Å². The molecule has 2 N–H and O–H groups in total. The average Bonchev–Trinajstić information content (AvgIpc) is 3.30. The molecule has 1 aromatic heterocycles. The SMILES string of the molecule is CC.CCCCCC1CN(CC(=O)Nc2cccnc2)C(=O)C2=CC(c3ccc(Cl)cc3)NN21. The summed E-state index contributed by atoms with van der Waals surface area (Å²) < 4.78 is 0. The number of hydrazine groups is 1. The van der Waals surface area contributed by atoms with Crippen LogP contribution >= 0.6 is 11.6 Å². The number of hydrogen-bond donors (Lipinski definition) is 2. The summed E-state index contributed by atoms with van der Waals surface area (Å²) in [6.45, 7) is 6.69. The van der Waals surface area contributed by atoms with Gasteiger partial charge in [-0.15, -0.1) is 0 Å². The summed E-state index contributed by atoms with van der Waals surface area (Å²) in [5, 5.41) is 5.50. The molecule has 1 fully saturated rings. The molecular weight excluding hydrogens is 450 g/mol. The maximum atomic E-state index is 13.3. The Morgan fingerprint density at radius 2 is 1.97 bits per heavy atom. The van der Waals surface area contributed by atoms with Gasteiger partial charge >= 0.3 is 0 Å². The van der Waals surface area contributed by atoms with E-state index in [-0.39, 0.29) is 30.4 Å². The molecule has 2 atom stereocenters. The molecular formula is C26H34ClN5O2. The van der Waals surface area contributed by atoms with Crippen LogP contribution in [0.25, 0.3) is 0 Å². The Balaban J connectivity index is 0.00000158. The molecule has 0 spiro atoms. The van der Waals surface area contributed by atoms with Crippen molar-refractivity contribution < 1.29 is 9.59 Å². The third-order valence-corrected chi connectivity index (χ3v) is 6.07. The summed E-state index contributed by atoms with van der Waals surface area (Å²) in [4.78, 5) is 31.5. The lowest BCUT2D eigenvalue weighted by Crippen LogP contribution is -2.57. The molecule has 7 nitrogen and oxygen atoms in total. The van der Waals surface area contributed by atoms with Crippen LogP contribution in [0.15, 0.2) is 60.6 Å². The lowest BCUT2D eigenvalue weighted by molar-refractivity contribution is -0.137. The molecule has 182 valence electrons. The van der Waals surface area contributed by atoms with Gasteiger partial charge in [-0.2, -0.15) is 0 Å². The number of pyridine rings is 1. The first-order chi connectivity index (χ1) is 16.5. The third kappa shape index (κ3) is 6.36. The fourth-order valence-electron chi connectivity index (χ4n) is 4.19. The molecule has 2 aliphatic rings. The minimum absolute atomic E-state index is 0.00873. The molecule has 34 heavy (non-hydrogen) atoms. The Kier molecular flexibility index (Phi) is 9.48. The predicted octanol–water partition coefficient (Wildman–Crippen LogP) is 4.94. The van der Waals surface area contributed by atoms with E-state index in [4.69, 9.17) is 11.6 Å². The first-order valence-electron chi connectivity index (χ1n) is 12.1. The second-order valence-electron chi connectivity index (χ2n) is 8.21. The number of anilines is 1. The summed E-state index contributed by atoms with van der Waals surface area (Å²) >= 11 is 6.03. The first kappa shape index (κ1) is 25.7. The van der Waals surface area contributed by atoms with Crippen molar-refractivity contribution in [2.24, 2.45) is 0 Å². The van der Waals surface area contributed by atoms with Crippen LogP contribution in [0, 0.1) is 0 Å². The normalized spacial score (nSPS) is 19.2. The molecule has 0 radical (unpaired) electrons. The lowest BCUT2D eigenvalue weighted by Gasteiger charge is -2.41. The molecule has 1 aromatic carbocycles. The summed E-state index contributed by atoms with van der Waals surface area (Å²) in [7, 11) is 0. The number of hydrogen-bond acceptors (Lipinski definition) is 5. The minimum atomic E-state index is -0.229. The molecule has 3 heterocycles. The number of halogens is 1. The van der Waals surface area contributed by atoms with Gasteiger partial charge in [0.25, 0.3) is 5.91 Å². The van der Waals surface area contributed by atoms with Gasteiger partial charge in [0.15, 0.2) is 0 Å². The highest BCUT2D eigenvalue weighted by atomic mass is 35.5. The lowest BCUT2D eigenvalue weighted by atomic mass is 10.0. The number of fused-ring (bicyclic) bond motifs is 1. The fraction of sp³-hybridized carbons (Fsp3) is 0.423. The van der Waals surface area contributed by atoms with Gasteiger partial charge in [0.2, 0.25) is 5.91 Å². The Hall–Kier alpha value is -2.90. The van der Waals surface area contributed by atoms with E-state index < -0.39 is 0 Å². The van der Waals surface area contributed by atoms with Crippen LogP contribution in [-0.4, -0.2) is 45.8 Å². The second kappa shape index (κ2) is 12.5.